The Kier molecular flexibility index (Phi) is 6.13. The number of carbonyl (C=O) groups is 1. The molecule has 150 valence electrons. The third kappa shape index (κ3) is 4.73. The number of nitrogens with one attached hydrogen (secondary N) is 1. The molecule has 0 aliphatic heterocycles. The highest BCUT2D eigenvalue weighted by Crippen LogP contribution is 2.28. The van der Waals surface area contributed by atoms with Crippen LogP contribution >= 0.6 is 0 Å². The summed E-state index contributed by atoms with van der Waals surface area (Å²) in [5, 5.41) is 2.67. The normalized spacial score (nSPS) is 10.4. The number of carbonyl (C=O) groups excluding carboxylic acids is 1. The van der Waals surface area contributed by atoms with Gasteiger partial charge in [-0.3, -0.25) is 19.0 Å². The van der Waals surface area contributed by atoms with E-state index in [0.29, 0.717) is 17.2 Å². The SMILES string of the molecule is COc1ccc(OC)c(NC(=O)Cn2ccn(Cc3ccccc3)c(=O)c2=O)c1. The number of anilines is 1. The molecule has 0 atom stereocenters. The first-order valence-electron chi connectivity index (χ1n) is 8.87. The fourth-order valence-electron chi connectivity index (χ4n) is 2.83. The molecule has 8 nitrogen and oxygen atoms in total. The predicted octanol–water partition coefficient (Wildman–Crippen LogP) is 1.71. The summed E-state index contributed by atoms with van der Waals surface area (Å²) in [5.41, 5.74) is -0.156. The lowest BCUT2D eigenvalue weighted by Crippen LogP contribution is -2.42. The van der Waals surface area contributed by atoms with Crippen molar-refractivity contribution >= 4 is 11.6 Å². The topological polar surface area (TPSA) is 91.6 Å². The minimum absolute atomic E-state index is 0.281. The summed E-state index contributed by atoms with van der Waals surface area (Å²) in [7, 11) is 2.99. The number of ether oxygens (including phenoxy) is 2. The van der Waals surface area contributed by atoms with Crippen molar-refractivity contribution < 1.29 is 14.3 Å². The maximum Gasteiger partial charge on any atom is 0.316 e. The zero-order valence-corrected chi connectivity index (χ0v) is 16.1. The summed E-state index contributed by atoms with van der Waals surface area (Å²) in [6.45, 7) is -0.0242. The average Bonchev–Trinajstić information content (AvgIpc) is 2.74. The zero-order chi connectivity index (χ0) is 20.8. The lowest BCUT2D eigenvalue weighted by Gasteiger charge is -2.13. The number of nitrogens with zero attached hydrogens (tertiary/aromatic N) is 2. The maximum absolute atomic E-state index is 12.4. The van der Waals surface area contributed by atoms with Crippen LogP contribution < -0.4 is 25.9 Å². The van der Waals surface area contributed by atoms with Crippen LogP contribution in [0.2, 0.25) is 0 Å². The van der Waals surface area contributed by atoms with Crippen LogP contribution in [0.5, 0.6) is 11.5 Å². The van der Waals surface area contributed by atoms with Crippen LogP contribution in [0.4, 0.5) is 5.69 Å². The largest absolute Gasteiger partial charge is 0.497 e. The van der Waals surface area contributed by atoms with Gasteiger partial charge in [-0.05, 0) is 17.7 Å². The van der Waals surface area contributed by atoms with Gasteiger partial charge in [0.05, 0.1) is 26.5 Å². The highest BCUT2D eigenvalue weighted by molar-refractivity contribution is 5.92. The third-order valence-corrected chi connectivity index (χ3v) is 4.32. The molecular formula is C21H21N3O5. The fraction of sp³-hybridized carbons (Fsp3) is 0.190. The van der Waals surface area contributed by atoms with Crippen LogP contribution in [-0.2, 0) is 17.9 Å². The van der Waals surface area contributed by atoms with Crippen molar-refractivity contribution in [1.82, 2.24) is 9.13 Å². The second-order valence-electron chi connectivity index (χ2n) is 6.26. The molecule has 1 N–H and O–H groups in total. The molecule has 0 unspecified atom stereocenters. The van der Waals surface area contributed by atoms with Gasteiger partial charge in [-0.1, -0.05) is 30.3 Å². The molecule has 1 heterocycles. The average molecular weight is 395 g/mol. The van der Waals surface area contributed by atoms with E-state index in [2.05, 4.69) is 5.32 Å². The molecule has 3 aromatic rings. The minimum Gasteiger partial charge on any atom is -0.497 e. The van der Waals surface area contributed by atoms with Crippen molar-refractivity contribution in [3.05, 3.63) is 87.2 Å². The summed E-state index contributed by atoms with van der Waals surface area (Å²) < 4.78 is 12.8. The highest BCUT2D eigenvalue weighted by atomic mass is 16.5. The van der Waals surface area contributed by atoms with E-state index in [0.717, 1.165) is 10.1 Å². The summed E-state index contributed by atoms with van der Waals surface area (Å²) >= 11 is 0. The van der Waals surface area contributed by atoms with E-state index in [9.17, 15) is 14.4 Å². The standard InChI is InChI=1S/C21H21N3O5/c1-28-16-8-9-18(29-2)17(12-16)22-19(25)14-24-11-10-23(20(26)21(24)27)13-15-6-4-3-5-7-15/h3-12H,13-14H2,1-2H3,(H,22,25). The number of benzene rings is 2. The Bertz CT molecular complexity index is 1120. The Morgan fingerprint density at radius 3 is 2.31 bits per heavy atom. The maximum atomic E-state index is 12.4. The second-order valence-corrected chi connectivity index (χ2v) is 6.26. The summed E-state index contributed by atoms with van der Waals surface area (Å²) in [6.07, 6.45) is 2.92. The molecule has 0 saturated heterocycles. The third-order valence-electron chi connectivity index (χ3n) is 4.32. The molecule has 3 rings (SSSR count). The van der Waals surface area contributed by atoms with Gasteiger partial charge in [0.25, 0.3) is 0 Å². The number of amides is 1. The molecule has 2 aromatic carbocycles. The van der Waals surface area contributed by atoms with E-state index in [1.807, 2.05) is 30.3 Å². The lowest BCUT2D eigenvalue weighted by atomic mass is 10.2. The molecule has 1 aromatic heterocycles. The van der Waals surface area contributed by atoms with Crippen LogP contribution in [0.25, 0.3) is 0 Å². The van der Waals surface area contributed by atoms with Crippen molar-refractivity contribution in [2.75, 3.05) is 19.5 Å². The number of hydrogen-bond donors (Lipinski definition) is 1. The molecule has 0 aliphatic carbocycles. The molecule has 0 fully saturated rings. The van der Waals surface area contributed by atoms with E-state index >= 15 is 0 Å². The Morgan fingerprint density at radius 2 is 1.62 bits per heavy atom. The summed E-state index contributed by atoms with van der Waals surface area (Å²) in [6, 6.07) is 14.3. The van der Waals surface area contributed by atoms with Gasteiger partial charge in [0.2, 0.25) is 5.91 Å². The van der Waals surface area contributed by atoms with Gasteiger partial charge in [0.15, 0.2) is 0 Å². The molecule has 1 amide bonds. The molecule has 0 bridgehead atoms. The van der Waals surface area contributed by atoms with Gasteiger partial charge < -0.3 is 19.4 Å². The zero-order valence-electron chi connectivity index (χ0n) is 16.1. The fourth-order valence-corrected chi connectivity index (χ4v) is 2.83. The Morgan fingerprint density at radius 1 is 0.931 bits per heavy atom. The molecule has 0 aliphatic rings. The number of rotatable bonds is 7. The smallest absolute Gasteiger partial charge is 0.316 e. The first-order chi connectivity index (χ1) is 14.0. The quantitative estimate of drug-likeness (QED) is 0.615. The van der Waals surface area contributed by atoms with Gasteiger partial charge in [-0.15, -0.1) is 0 Å². The van der Waals surface area contributed by atoms with Crippen molar-refractivity contribution in [2.45, 2.75) is 13.1 Å². The molecule has 0 saturated carbocycles. The molecular weight excluding hydrogens is 374 g/mol. The lowest BCUT2D eigenvalue weighted by molar-refractivity contribution is -0.116. The van der Waals surface area contributed by atoms with E-state index in [-0.39, 0.29) is 13.1 Å². The highest BCUT2D eigenvalue weighted by Gasteiger charge is 2.12. The number of methoxy groups -OCH3 is 2. The van der Waals surface area contributed by atoms with Crippen LogP contribution in [-0.4, -0.2) is 29.3 Å². The van der Waals surface area contributed by atoms with Crippen LogP contribution in [0.15, 0.2) is 70.5 Å². The Balaban J connectivity index is 1.77. The number of hydrogen-bond acceptors (Lipinski definition) is 5. The van der Waals surface area contributed by atoms with Gasteiger partial charge in [-0.2, -0.15) is 0 Å². The first-order valence-corrected chi connectivity index (χ1v) is 8.87. The van der Waals surface area contributed by atoms with E-state index in [4.69, 9.17) is 9.47 Å². The minimum atomic E-state index is -0.767. The van der Waals surface area contributed by atoms with Gasteiger partial charge >= 0.3 is 11.1 Å². The van der Waals surface area contributed by atoms with Crippen molar-refractivity contribution in [3.8, 4) is 11.5 Å². The van der Waals surface area contributed by atoms with Crippen molar-refractivity contribution in [2.24, 2.45) is 0 Å². The van der Waals surface area contributed by atoms with Crippen molar-refractivity contribution in [1.29, 1.82) is 0 Å². The van der Waals surface area contributed by atoms with Crippen LogP contribution in [0.1, 0.15) is 5.56 Å². The van der Waals surface area contributed by atoms with E-state index in [1.54, 1.807) is 18.2 Å². The van der Waals surface area contributed by atoms with E-state index < -0.39 is 17.0 Å². The Hall–Kier alpha value is -3.81. The predicted molar refractivity (Wildman–Crippen MR) is 109 cm³/mol. The molecule has 8 heteroatoms. The van der Waals surface area contributed by atoms with Gasteiger partial charge in [0, 0.05) is 18.5 Å². The summed E-state index contributed by atoms with van der Waals surface area (Å²) in [4.78, 5) is 37.2. The van der Waals surface area contributed by atoms with Gasteiger partial charge in [0.1, 0.15) is 18.0 Å². The summed E-state index contributed by atoms with van der Waals surface area (Å²) in [5.74, 6) is 0.519. The van der Waals surface area contributed by atoms with Crippen LogP contribution in [0.3, 0.4) is 0 Å². The second kappa shape index (κ2) is 8.92. The monoisotopic (exact) mass is 395 g/mol. The molecule has 0 radical (unpaired) electrons. The number of aromatic nitrogens is 2. The first kappa shape index (κ1) is 19.9. The van der Waals surface area contributed by atoms with Gasteiger partial charge in [-0.25, -0.2) is 0 Å². The van der Waals surface area contributed by atoms with Crippen LogP contribution in [0, 0.1) is 0 Å². The Labute approximate surface area is 166 Å². The molecule has 0 spiro atoms. The van der Waals surface area contributed by atoms with Crippen molar-refractivity contribution in [3.63, 3.8) is 0 Å². The van der Waals surface area contributed by atoms with E-state index in [1.165, 1.54) is 31.2 Å². The molecule has 29 heavy (non-hydrogen) atoms.